The van der Waals surface area contributed by atoms with E-state index in [1.165, 1.54) is 25.1 Å². The number of carbonyl (C=O) groups excluding carboxylic acids is 1. The number of aliphatic hydroxyl groups is 1. The molecule has 0 aliphatic rings. The van der Waals surface area contributed by atoms with Gasteiger partial charge in [-0.25, -0.2) is 0 Å². The summed E-state index contributed by atoms with van der Waals surface area (Å²) in [5, 5.41) is 23.1. The van der Waals surface area contributed by atoms with E-state index in [0.29, 0.717) is 0 Å². The minimum Gasteiger partial charge on any atom is -0.483 e. The van der Waals surface area contributed by atoms with Gasteiger partial charge in [-0.05, 0) is 26.3 Å². The Morgan fingerprint density at radius 3 is 2.67 bits per heavy atom. The third-order valence-electron chi connectivity index (χ3n) is 3.03. The Labute approximate surface area is 123 Å². The second-order valence-electron chi connectivity index (χ2n) is 4.82. The summed E-state index contributed by atoms with van der Waals surface area (Å²) in [6.45, 7) is 5.10. The SMILES string of the molecule is CCC(C)NC(=O)COc1ccc([N+](=O)[O-])cc1[C@H](C)O. The van der Waals surface area contributed by atoms with Crippen molar-refractivity contribution in [2.24, 2.45) is 0 Å². The zero-order valence-corrected chi connectivity index (χ0v) is 12.3. The first-order chi connectivity index (χ1) is 9.85. The third-order valence-corrected chi connectivity index (χ3v) is 3.03. The van der Waals surface area contributed by atoms with Crippen LogP contribution in [0.3, 0.4) is 0 Å². The van der Waals surface area contributed by atoms with E-state index in [1.54, 1.807) is 0 Å². The average molecular weight is 296 g/mol. The van der Waals surface area contributed by atoms with Crippen molar-refractivity contribution < 1.29 is 19.6 Å². The number of ether oxygens (including phenoxy) is 1. The summed E-state index contributed by atoms with van der Waals surface area (Å²) in [5.41, 5.74) is 0.142. The summed E-state index contributed by atoms with van der Waals surface area (Å²) in [7, 11) is 0. The monoisotopic (exact) mass is 296 g/mol. The summed E-state index contributed by atoms with van der Waals surface area (Å²) < 4.78 is 5.35. The van der Waals surface area contributed by atoms with Crippen LogP contribution in [0.1, 0.15) is 38.9 Å². The second-order valence-corrected chi connectivity index (χ2v) is 4.82. The highest BCUT2D eigenvalue weighted by molar-refractivity contribution is 5.77. The van der Waals surface area contributed by atoms with E-state index in [9.17, 15) is 20.0 Å². The number of nitrogens with one attached hydrogen (secondary N) is 1. The van der Waals surface area contributed by atoms with Crippen LogP contribution in [-0.4, -0.2) is 28.6 Å². The van der Waals surface area contributed by atoms with Crippen molar-refractivity contribution in [3.05, 3.63) is 33.9 Å². The molecule has 7 heteroatoms. The normalized spacial score (nSPS) is 13.3. The average Bonchev–Trinajstić information content (AvgIpc) is 2.44. The van der Waals surface area contributed by atoms with Crippen molar-refractivity contribution >= 4 is 11.6 Å². The van der Waals surface area contributed by atoms with Crippen LogP contribution in [0.5, 0.6) is 5.75 Å². The number of nitro benzene ring substituents is 1. The van der Waals surface area contributed by atoms with Gasteiger partial charge in [-0.15, -0.1) is 0 Å². The molecule has 116 valence electrons. The van der Waals surface area contributed by atoms with Crippen molar-refractivity contribution in [2.75, 3.05) is 6.61 Å². The zero-order chi connectivity index (χ0) is 16.0. The molecule has 1 aromatic rings. The highest BCUT2D eigenvalue weighted by atomic mass is 16.6. The van der Waals surface area contributed by atoms with Crippen molar-refractivity contribution in [3.8, 4) is 5.75 Å². The molecule has 0 bridgehead atoms. The third kappa shape index (κ3) is 5.03. The molecule has 0 saturated heterocycles. The molecule has 0 fully saturated rings. The maximum atomic E-state index is 11.6. The minimum atomic E-state index is -0.933. The molecule has 21 heavy (non-hydrogen) atoms. The van der Waals surface area contributed by atoms with E-state index in [1.807, 2.05) is 13.8 Å². The highest BCUT2D eigenvalue weighted by Crippen LogP contribution is 2.29. The molecule has 0 heterocycles. The van der Waals surface area contributed by atoms with Crippen molar-refractivity contribution in [1.82, 2.24) is 5.32 Å². The van der Waals surface area contributed by atoms with Crippen LogP contribution < -0.4 is 10.1 Å². The molecule has 0 aliphatic carbocycles. The van der Waals surface area contributed by atoms with Gasteiger partial charge in [-0.2, -0.15) is 0 Å². The van der Waals surface area contributed by atoms with Crippen LogP contribution in [0.2, 0.25) is 0 Å². The predicted molar refractivity (Wildman–Crippen MR) is 77.1 cm³/mol. The lowest BCUT2D eigenvalue weighted by atomic mass is 10.1. The molecule has 1 unspecified atom stereocenters. The summed E-state index contributed by atoms with van der Waals surface area (Å²) in [6, 6.07) is 3.95. The molecule has 7 nitrogen and oxygen atoms in total. The van der Waals surface area contributed by atoms with Crippen LogP contribution in [0.25, 0.3) is 0 Å². The fraction of sp³-hybridized carbons (Fsp3) is 0.500. The Morgan fingerprint density at radius 2 is 2.14 bits per heavy atom. The Kier molecular flexibility index (Phi) is 6.10. The fourth-order valence-corrected chi connectivity index (χ4v) is 1.67. The number of rotatable bonds is 7. The molecular formula is C14H20N2O5. The Hall–Kier alpha value is -2.15. The van der Waals surface area contributed by atoms with Gasteiger partial charge in [-0.1, -0.05) is 6.92 Å². The zero-order valence-electron chi connectivity index (χ0n) is 12.3. The minimum absolute atomic E-state index is 0.0502. The Balaban J connectivity index is 2.79. The molecule has 0 spiro atoms. The summed E-state index contributed by atoms with van der Waals surface area (Å²) in [6.07, 6.45) is -0.125. The smallest absolute Gasteiger partial charge is 0.270 e. The van der Waals surface area contributed by atoms with E-state index in [4.69, 9.17) is 4.74 Å². The molecule has 0 aromatic heterocycles. The number of aliphatic hydroxyl groups excluding tert-OH is 1. The van der Waals surface area contributed by atoms with Crippen LogP contribution >= 0.6 is 0 Å². The second kappa shape index (κ2) is 7.58. The molecule has 0 aliphatic heterocycles. The van der Waals surface area contributed by atoms with E-state index in [-0.39, 0.29) is 35.6 Å². The number of carbonyl (C=O) groups is 1. The number of hydrogen-bond acceptors (Lipinski definition) is 5. The molecule has 0 saturated carbocycles. The van der Waals surface area contributed by atoms with Crippen LogP contribution in [0, 0.1) is 10.1 Å². The maximum Gasteiger partial charge on any atom is 0.270 e. The van der Waals surface area contributed by atoms with Crippen LogP contribution in [0.4, 0.5) is 5.69 Å². The Morgan fingerprint density at radius 1 is 1.48 bits per heavy atom. The first-order valence-electron chi connectivity index (χ1n) is 6.73. The molecular weight excluding hydrogens is 276 g/mol. The first kappa shape index (κ1) is 16.9. The lowest BCUT2D eigenvalue weighted by Gasteiger charge is -2.15. The molecule has 1 aromatic carbocycles. The molecule has 1 amide bonds. The van der Waals surface area contributed by atoms with Crippen molar-refractivity contribution in [3.63, 3.8) is 0 Å². The standard InChI is InChI=1S/C14H20N2O5/c1-4-9(2)15-14(18)8-21-13-6-5-11(16(19)20)7-12(13)10(3)17/h5-7,9-10,17H,4,8H2,1-3H3,(H,15,18)/t9?,10-/m0/s1. The van der Waals surface area contributed by atoms with Gasteiger partial charge in [0.15, 0.2) is 6.61 Å². The predicted octanol–water partition coefficient (Wildman–Crippen LogP) is 1.94. The van der Waals surface area contributed by atoms with E-state index in [0.717, 1.165) is 6.42 Å². The first-order valence-corrected chi connectivity index (χ1v) is 6.73. The van der Waals surface area contributed by atoms with Gasteiger partial charge in [-0.3, -0.25) is 14.9 Å². The van der Waals surface area contributed by atoms with Gasteiger partial charge < -0.3 is 15.2 Å². The topological polar surface area (TPSA) is 102 Å². The number of amides is 1. The van der Waals surface area contributed by atoms with Crippen molar-refractivity contribution in [2.45, 2.75) is 39.3 Å². The van der Waals surface area contributed by atoms with E-state index >= 15 is 0 Å². The fourth-order valence-electron chi connectivity index (χ4n) is 1.67. The lowest BCUT2D eigenvalue weighted by molar-refractivity contribution is -0.385. The number of nitro groups is 1. The van der Waals surface area contributed by atoms with Crippen LogP contribution in [-0.2, 0) is 4.79 Å². The van der Waals surface area contributed by atoms with E-state index in [2.05, 4.69) is 5.32 Å². The van der Waals surface area contributed by atoms with Gasteiger partial charge in [0.05, 0.1) is 11.0 Å². The molecule has 2 N–H and O–H groups in total. The van der Waals surface area contributed by atoms with Crippen molar-refractivity contribution in [1.29, 1.82) is 0 Å². The summed E-state index contributed by atoms with van der Waals surface area (Å²) in [4.78, 5) is 21.8. The highest BCUT2D eigenvalue weighted by Gasteiger charge is 2.16. The van der Waals surface area contributed by atoms with Gasteiger partial charge in [0.1, 0.15) is 5.75 Å². The van der Waals surface area contributed by atoms with Gasteiger partial charge in [0.2, 0.25) is 0 Å². The number of nitrogens with zero attached hydrogens (tertiary/aromatic N) is 1. The number of hydrogen-bond donors (Lipinski definition) is 2. The number of non-ortho nitro benzene ring substituents is 1. The molecule has 0 radical (unpaired) electrons. The Bertz CT molecular complexity index is 516. The molecule has 2 atom stereocenters. The maximum absolute atomic E-state index is 11.6. The van der Waals surface area contributed by atoms with E-state index < -0.39 is 11.0 Å². The largest absolute Gasteiger partial charge is 0.483 e. The number of benzene rings is 1. The summed E-state index contributed by atoms with van der Waals surface area (Å²) >= 11 is 0. The van der Waals surface area contributed by atoms with Gasteiger partial charge in [0.25, 0.3) is 11.6 Å². The quantitative estimate of drug-likeness (QED) is 0.591. The van der Waals surface area contributed by atoms with Gasteiger partial charge >= 0.3 is 0 Å². The lowest BCUT2D eigenvalue weighted by Crippen LogP contribution is -2.35. The molecule has 1 rings (SSSR count). The van der Waals surface area contributed by atoms with Gasteiger partial charge in [0, 0.05) is 23.7 Å². The van der Waals surface area contributed by atoms with Crippen LogP contribution in [0.15, 0.2) is 18.2 Å². The summed E-state index contributed by atoms with van der Waals surface area (Å²) in [5.74, 6) is -0.0193.